The van der Waals surface area contributed by atoms with E-state index in [-0.39, 0.29) is 18.2 Å². The third-order valence-corrected chi connectivity index (χ3v) is 6.24. The molecule has 2 N–H and O–H groups in total. The molecular formula is C26H27ClN4O6S. The Labute approximate surface area is 226 Å². The minimum atomic E-state index is -3.77. The number of sulfonamides is 1. The van der Waals surface area contributed by atoms with Crippen molar-refractivity contribution in [1.29, 1.82) is 0 Å². The monoisotopic (exact) mass is 558 g/mol. The van der Waals surface area contributed by atoms with Crippen molar-refractivity contribution in [3.8, 4) is 11.5 Å². The highest BCUT2D eigenvalue weighted by atomic mass is 35.5. The zero-order valence-electron chi connectivity index (χ0n) is 20.8. The molecule has 0 aromatic heterocycles. The second-order valence-corrected chi connectivity index (χ2v) is 10.2. The van der Waals surface area contributed by atoms with Gasteiger partial charge in [0, 0.05) is 10.7 Å². The fourth-order valence-corrected chi connectivity index (χ4v) is 4.28. The number of carbonyl (C=O) groups is 2. The lowest BCUT2D eigenvalue weighted by Crippen LogP contribution is -2.39. The van der Waals surface area contributed by atoms with Crippen molar-refractivity contribution >= 4 is 51.0 Å². The van der Waals surface area contributed by atoms with Crippen LogP contribution in [0.25, 0.3) is 0 Å². The summed E-state index contributed by atoms with van der Waals surface area (Å²) in [7, 11) is -3.77. The fourth-order valence-electron chi connectivity index (χ4n) is 3.23. The van der Waals surface area contributed by atoms with Crippen LogP contribution in [0.15, 0.2) is 77.9 Å². The Balaban J connectivity index is 1.52. The molecule has 0 atom stereocenters. The molecule has 12 heteroatoms. The van der Waals surface area contributed by atoms with Gasteiger partial charge >= 0.3 is 0 Å². The minimum Gasteiger partial charge on any atom is -0.492 e. The van der Waals surface area contributed by atoms with Crippen LogP contribution in [0, 0.1) is 0 Å². The van der Waals surface area contributed by atoms with Crippen molar-refractivity contribution in [3.05, 3.63) is 83.4 Å². The maximum atomic E-state index is 12.4. The van der Waals surface area contributed by atoms with E-state index in [9.17, 15) is 18.0 Å². The molecule has 0 saturated carbocycles. The number of hydrogen-bond acceptors (Lipinski definition) is 7. The van der Waals surface area contributed by atoms with Gasteiger partial charge in [-0.3, -0.25) is 13.9 Å². The van der Waals surface area contributed by atoms with E-state index < -0.39 is 22.5 Å². The maximum absolute atomic E-state index is 12.4. The molecule has 0 bridgehead atoms. The van der Waals surface area contributed by atoms with Gasteiger partial charge in [-0.05, 0) is 67.1 Å². The Morgan fingerprint density at radius 2 is 1.74 bits per heavy atom. The first-order valence-corrected chi connectivity index (χ1v) is 13.7. The number of rotatable bonds is 12. The number of hydrazone groups is 1. The van der Waals surface area contributed by atoms with Crippen LogP contribution in [0.5, 0.6) is 11.5 Å². The molecule has 0 aliphatic heterocycles. The highest BCUT2D eigenvalue weighted by Crippen LogP contribution is 2.29. The summed E-state index contributed by atoms with van der Waals surface area (Å²) in [5, 5.41) is 7.09. The number of nitrogens with zero attached hydrogens (tertiary/aromatic N) is 2. The van der Waals surface area contributed by atoms with Crippen LogP contribution < -0.4 is 24.5 Å². The number of anilines is 2. The lowest BCUT2D eigenvalue weighted by molar-refractivity contribution is -0.119. The normalized spacial score (nSPS) is 11.1. The molecular weight excluding hydrogens is 532 g/mol. The first-order valence-electron chi connectivity index (χ1n) is 11.5. The molecule has 10 nitrogen and oxygen atoms in total. The van der Waals surface area contributed by atoms with Crippen LogP contribution in [0.3, 0.4) is 0 Å². The van der Waals surface area contributed by atoms with Crippen molar-refractivity contribution in [3.63, 3.8) is 0 Å². The number of hydrogen-bond donors (Lipinski definition) is 2. The molecule has 0 unspecified atom stereocenters. The van der Waals surface area contributed by atoms with Gasteiger partial charge in [0.05, 0.1) is 24.8 Å². The number of carbonyl (C=O) groups excluding carboxylic acids is 2. The molecule has 0 heterocycles. The van der Waals surface area contributed by atoms with Gasteiger partial charge in [-0.2, -0.15) is 5.10 Å². The van der Waals surface area contributed by atoms with E-state index in [1.54, 1.807) is 79.7 Å². The number of halogens is 1. The Hall–Kier alpha value is -4.09. The maximum Gasteiger partial charge on any atom is 0.262 e. The summed E-state index contributed by atoms with van der Waals surface area (Å²) in [6.07, 6.45) is 2.41. The molecule has 200 valence electrons. The highest BCUT2D eigenvalue weighted by Gasteiger charge is 2.23. The van der Waals surface area contributed by atoms with Gasteiger partial charge in [0.25, 0.3) is 11.8 Å². The third kappa shape index (κ3) is 8.79. The SMILES string of the molecule is CCOc1ccccc1N(CC(=O)N/N=C\c1ccc(OCC(=O)Nc2cccc(Cl)c2)cc1)S(C)(=O)=O. The van der Waals surface area contributed by atoms with Gasteiger partial charge in [-0.25, -0.2) is 13.8 Å². The lowest BCUT2D eigenvalue weighted by Gasteiger charge is -2.23. The van der Waals surface area contributed by atoms with Gasteiger partial charge in [0.2, 0.25) is 10.0 Å². The van der Waals surface area contributed by atoms with E-state index in [0.717, 1.165) is 10.6 Å². The zero-order valence-corrected chi connectivity index (χ0v) is 22.3. The molecule has 0 fully saturated rings. The van der Waals surface area contributed by atoms with Gasteiger partial charge in [0.1, 0.15) is 18.0 Å². The van der Waals surface area contributed by atoms with Crippen molar-refractivity contribution in [2.45, 2.75) is 6.92 Å². The molecule has 0 spiro atoms. The van der Waals surface area contributed by atoms with Crippen LogP contribution >= 0.6 is 11.6 Å². The summed E-state index contributed by atoms with van der Waals surface area (Å²) >= 11 is 5.90. The summed E-state index contributed by atoms with van der Waals surface area (Å²) in [6.45, 7) is 1.44. The molecule has 2 amide bonds. The largest absolute Gasteiger partial charge is 0.492 e. The van der Waals surface area contributed by atoms with Crippen LogP contribution in [0.2, 0.25) is 5.02 Å². The van der Waals surface area contributed by atoms with Crippen molar-refractivity contribution < 1.29 is 27.5 Å². The van der Waals surface area contributed by atoms with Crippen LogP contribution in [-0.4, -0.2) is 52.5 Å². The summed E-state index contributed by atoms with van der Waals surface area (Å²) < 4.78 is 36.7. The van der Waals surface area contributed by atoms with Gasteiger partial charge in [0.15, 0.2) is 6.61 Å². The van der Waals surface area contributed by atoms with E-state index in [2.05, 4.69) is 15.8 Å². The Morgan fingerprint density at radius 1 is 1.00 bits per heavy atom. The molecule has 38 heavy (non-hydrogen) atoms. The Morgan fingerprint density at radius 3 is 2.42 bits per heavy atom. The molecule has 0 aliphatic rings. The third-order valence-electron chi connectivity index (χ3n) is 4.88. The summed E-state index contributed by atoms with van der Waals surface area (Å²) in [4.78, 5) is 24.5. The standard InChI is InChI=1S/C26H27ClN4O6S/c1-3-36-24-10-5-4-9-23(24)31(38(2,34)35)17-25(32)30-28-16-19-11-13-22(14-12-19)37-18-26(33)29-21-8-6-7-20(27)15-21/h4-16H,3,17-18H2,1-2H3,(H,29,33)(H,30,32)/b28-16-. The topological polar surface area (TPSA) is 126 Å². The summed E-state index contributed by atoms with van der Waals surface area (Å²) in [6, 6.07) is 20.0. The molecule has 3 rings (SSSR count). The highest BCUT2D eigenvalue weighted by molar-refractivity contribution is 7.92. The van der Waals surface area contributed by atoms with Crippen molar-refractivity contribution in [1.82, 2.24) is 5.43 Å². The van der Waals surface area contributed by atoms with E-state index in [1.165, 1.54) is 6.21 Å². The van der Waals surface area contributed by atoms with Gasteiger partial charge in [-0.15, -0.1) is 0 Å². The van der Waals surface area contributed by atoms with Crippen LogP contribution in [0.1, 0.15) is 12.5 Å². The molecule has 3 aromatic carbocycles. The predicted octanol–water partition coefficient (Wildman–Crippen LogP) is 3.67. The molecule has 0 saturated heterocycles. The number of amides is 2. The second-order valence-electron chi connectivity index (χ2n) is 7.88. The van der Waals surface area contributed by atoms with Crippen LogP contribution in [-0.2, 0) is 19.6 Å². The lowest BCUT2D eigenvalue weighted by atomic mass is 10.2. The van der Waals surface area contributed by atoms with Gasteiger partial charge < -0.3 is 14.8 Å². The number of para-hydroxylation sites is 2. The quantitative estimate of drug-likeness (QED) is 0.258. The number of nitrogens with one attached hydrogen (secondary N) is 2. The number of benzene rings is 3. The first-order chi connectivity index (χ1) is 18.2. The van der Waals surface area contributed by atoms with E-state index in [4.69, 9.17) is 21.1 Å². The minimum absolute atomic E-state index is 0.195. The van der Waals surface area contributed by atoms with Crippen LogP contribution in [0.4, 0.5) is 11.4 Å². The van der Waals surface area contributed by atoms with E-state index in [0.29, 0.717) is 34.4 Å². The predicted molar refractivity (Wildman–Crippen MR) is 148 cm³/mol. The van der Waals surface area contributed by atoms with E-state index in [1.807, 2.05) is 0 Å². The first kappa shape index (κ1) is 28.5. The second kappa shape index (κ2) is 13.5. The molecule has 3 aromatic rings. The Kier molecular flexibility index (Phi) is 10.1. The fraction of sp³-hybridized carbons (Fsp3) is 0.192. The molecule has 0 aliphatic carbocycles. The van der Waals surface area contributed by atoms with Gasteiger partial charge in [-0.1, -0.05) is 29.8 Å². The average Bonchev–Trinajstić information content (AvgIpc) is 2.87. The smallest absolute Gasteiger partial charge is 0.262 e. The van der Waals surface area contributed by atoms with Crippen molar-refractivity contribution in [2.75, 3.05) is 35.6 Å². The average molecular weight is 559 g/mol. The summed E-state index contributed by atoms with van der Waals surface area (Å²) in [5.74, 6) is -0.165. The zero-order chi connectivity index (χ0) is 27.5. The molecule has 0 radical (unpaired) electrons. The Bertz CT molecular complexity index is 1400. The number of ether oxygens (including phenoxy) is 2. The van der Waals surface area contributed by atoms with E-state index >= 15 is 0 Å². The van der Waals surface area contributed by atoms with Crippen molar-refractivity contribution in [2.24, 2.45) is 5.10 Å². The summed E-state index contributed by atoms with van der Waals surface area (Å²) in [5.41, 5.74) is 3.79.